The zero-order valence-corrected chi connectivity index (χ0v) is 12.6. The molecule has 2 aromatic carbocycles. The van der Waals surface area contributed by atoms with Gasteiger partial charge in [-0.15, -0.1) is 0 Å². The lowest BCUT2D eigenvalue weighted by Gasteiger charge is -2.11. The van der Waals surface area contributed by atoms with Gasteiger partial charge in [0.15, 0.2) is 0 Å². The van der Waals surface area contributed by atoms with Crippen molar-refractivity contribution in [2.45, 2.75) is 18.4 Å². The molecular weight excluding hydrogens is 290 g/mol. The van der Waals surface area contributed by atoms with E-state index in [1.54, 1.807) is 30.3 Å². The maximum atomic E-state index is 12.3. The molecule has 0 spiro atoms. The number of aryl methyl sites for hydroxylation is 1. The average molecular weight is 307 g/mol. The quantitative estimate of drug-likeness (QED) is 0.888. The van der Waals surface area contributed by atoms with Crippen molar-refractivity contribution in [3.05, 3.63) is 53.6 Å². The van der Waals surface area contributed by atoms with Crippen LogP contribution in [0.4, 0.5) is 5.69 Å². The molecule has 0 heterocycles. The first-order valence-electron chi connectivity index (χ1n) is 6.33. The predicted octanol–water partition coefficient (Wildman–Crippen LogP) is 2.30. The lowest BCUT2D eigenvalue weighted by atomic mass is 10.1. The number of aliphatic hydroxyl groups excluding tert-OH is 1. The van der Waals surface area contributed by atoms with Crippen molar-refractivity contribution >= 4 is 15.7 Å². The van der Waals surface area contributed by atoms with Gasteiger partial charge in [0.1, 0.15) is 5.75 Å². The molecule has 0 aliphatic carbocycles. The van der Waals surface area contributed by atoms with Crippen LogP contribution in [0.25, 0.3) is 0 Å². The molecule has 0 saturated heterocycles. The highest BCUT2D eigenvalue weighted by molar-refractivity contribution is 7.92. The summed E-state index contributed by atoms with van der Waals surface area (Å²) >= 11 is 0. The molecule has 6 heteroatoms. The van der Waals surface area contributed by atoms with Crippen LogP contribution in [0, 0.1) is 6.92 Å². The third-order valence-corrected chi connectivity index (χ3v) is 4.50. The minimum atomic E-state index is -3.70. The van der Waals surface area contributed by atoms with Gasteiger partial charge in [-0.1, -0.05) is 12.1 Å². The van der Waals surface area contributed by atoms with Crippen molar-refractivity contribution < 1.29 is 18.3 Å². The van der Waals surface area contributed by atoms with Gasteiger partial charge in [-0.25, -0.2) is 8.42 Å². The molecule has 5 nitrogen and oxygen atoms in total. The summed E-state index contributed by atoms with van der Waals surface area (Å²) in [5.74, 6) is 0.565. The van der Waals surface area contributed by atoms with Gasteiger partial charge in [-0.3, -0.25) is 4.72 Å². The van der Waals surface area contributed by atoms with Gasteiger partial charge in [0.25, 0.3) is 10.0 Å². The standard InChI is InChI=1S/C15H17NO4S/c1-11-6-7-15(8-12(11)10-17)21(18,19)16-13-4-3-5-14(9-13)20-2/h3-9,16-17H,10H2,1-2H3. The average Bonchev–Trinajstić information content (AvgIpc) is 2.47. The maximum Gasteiger partial charge on any atom is 0.261 e. The fourth-order valence-electron chi connectivity index (χ4n) is 1.89. The molecule has 2 rings (SSSR count). The summed E-state index contributed by atoms with van der Waals surface area (Å²) in [5.41, 5.74) is 1.85. The first-order chi connectivity index (χ1) is 9.96. The van der Waals surface area contributed by atoms with Crippen molar-refractivity contribution in [3.63, 3.8) is 0 Å². The Morgan fingerprint density at radius 1 is 1.19 bits per heavy atom. The molecule has 2 aromatic rings. The van der Waals surface area contributed by atoms with Gasteiger partial charge in [-0.05, 0) is 42.3 Å². The van der Waals surface area contributed by atoms with E-state index in [0.29, 0.717) is 17.0 Å². The van der Waals surface area contributed by atoms with E-state index in [9.17, 15) is 13.5 Å². The minimum absolute atomic E-state index is 0.111. The zero-order chi connectivity index (χ0) is 15.5. The van der Waals surface area contributed by atoms with Gasteiger partial charge in [0.2, 0.25) is 0 Å². The van der Waals surface area contributed by atoms with Crippen molar-refractivity contribution in [2.75, 3.05) is 11.8 Å². The van der Waals surface area contributed by atoms with Gasteiger partial charge >= 0.3 is 0 Å². The number of aliphatic hydroxyl groups is 1. The number of ether oxygens (including phenoxy) is 1. The second-order valence-corrected chi connectivity index (χ2v) is 6.27. The summed E-state index contributed by atoms with van der Waals surface area (Å²) in [6.45, 7) is 1.62. The summed E-state index contributed by atoms with van der Waals surface area (Å²) < 4.78 is 32.2. The summed E-state index contributed by atoms with van der Waals surface area (Å²) in [6.07, 6.45) is 0. The largest absolute Gasteiger partial charge is 0.497 e. The lowest BCUT2D eigenvalue weighted by Crippen LogP contribution is -2.13. The number of hydrogen-bond donors (Lipinski definition) is 2. The lowest BCUT2D eigenvalue weighted by molar-refractivity contribution is 0.281. The van der Waals surface area contributed by atoms with Crippen LogP contribution in [0.5, 0.6) is 5.75 Å². The highest BCUT2D eigenvalue weighted by atomic mass is 32.2. The summed E-state index contributed by atoms with van der Waals surface area (Å²) in [6, 6.07) is 11.3. The molecular formula is C15H17NO4S. The molecule has 21 heavy (non-hydrogen) atoms. The van der Waals surface area contributed by atoms with E-state index in [2.05, 4.69) is 4.72 Å². The van der Waals surface area contributed by atoms with Crippen LogP contribution in [0.3, 0.4) is 0 Å². The summed E-state index contributed by atoms with van der Waals surface area (Å²) in [7, 11) is -2.19. The molecule has 0 radical (unpaired) electrons. The van der Waals surface area contributed by atoms with Crippen LogP contribution in [0.2, 0.25) is 0 Å². The van der Waals surface area contributed by atoms with Crippen molar-refractivity contribution in [1.82, 2.24) is 0 Å². The van der Waals surface area contributed by atoms with Gasteiger partial charge in [0.05, 0.1) is 24.3 Å². The minimum Gasteiger partial charge on any atom is -0.497 e. The van der Waals surface area contributed by atoms with Crippen LogP contribution < -0.4 is 9.46 Å². The van der Waals surface area contributed by atoms with E-state index in [1.807, 2.05) is 6.92 Å². The highest BCUT2D eigenvalue weighted by Crippen LogP contribution is 2.22. The van der Waals surface area contributed by atoms with Crippen LogP contribution in [0.1, 0.15) is 11.1 Å². The molecule has 2 N–H and O–H groups in total. The van der Waals surface area contributed by atoms with Crippen LogP contribution in [0.15, 0.2) is 47.4 Å². The number of rotatable bonds is 5. The number of sulfonamides is 1. The fraction of sp³-hybridized carbons (Fsp3) is 0.200. The Balaban J connectivity index is 2.33. The Kier molecular flexibility index (Phi) is 4.50. The van der Waals surface area contributed by atoms with E-state index in [0.717, 1.165) is 5.56 Å². The van der Waals surface area contributed by atoms with Gasteiger partial charge < -0.3 is 9.84 Å². The Morgan fingerprint density at radius 3 is 2.62 bits per heavy atom. The fourth-order valence-corrected chi connectivity index (χ4v) is 2.99. The Morgan fingerprint density at radius 2 is 1.95 bits per heavy atom. The van der Waals surface area contributed by atoms with E-state index in [1.165, 1.54) is 19.2 Å². The molecule has 0 fully saturated rings. The molecule has 0 amide bonds. The number of anilines is 1. The third kappa shape index (κ3) is 3.53. The number of hydrogen-bond acceptors (Lipinski definition) is 4. The molecule has 0 aliphatic heterocycles. The molecule has 112 valence electrons. The molecule has 0 bridgehead atoms. The van der Waals surface area contributed by atoms with Crippen LogP contribution >= 0.6 is 0 Å². The molecule has 0 unspecified atom stereocenters. The Labute approximate surface area is 124 Å². The van der Waals surface area contributed by atoms with Gasteiger partial charge in [-0.2, -0.15) is 0 Å². The Hall–Kier alpha value is -2.05. The zero-order valence-electron chi connectivity index (χ0n) is 11.8. The highest BCUT2D eigenvalue weighted by Gasteiger charge is 2.15. The summed E-state index contributed by atoms with van der Waals surface area (Å²) in [4.78, 5) is 0.111. The number of nitrogens with one attached hydrogen (secondary N) is 1. The number of methoxy groups -OCH3 is 1. The smallest absolute Gasteiger partial charge is 0.261 e. The molecule has 0 atom stereocenters. The normalized spacial score (nSPS) is 11.2. The van der Waals surface area contributed by atoms with Crippen molar-refractivity contribution in [1.29, 1.82) is 0 Å². The third-order valence-electron chi connectivity index (χ3n) is 3.12. The summed E-state index contributed by atoms with van der Waals surface area (Å²) in [5, 5.41) is 9.23. The second kappa shape index (κ2) is 6.15. The monoisotopic (exact) mass is 307 g/mol. The predicted molar refractivity (Wildman–Crippen MR) is 80.9 cm³/mol. The van der Waals surface area contributed by atoms with E-state index in [-0.39, 0.29) is 11.5 Å². The molecule has 0 aromatic heterocycles. The van der Waals surface area contributed by atoms with Gasteiger partial charge in [0, 0.05) is 6.07 Å². The Bertz CT molecular complexity index is 741. The molecule has 0 aliphatic rings. The maximum absolute atomic E-state index is 12.3. The second-order valence-electron chi connectivity index (χ2n) is 4.58. The van der Waals surface area contributed by atoms with Crippen LogP contribution in [-0.4, -0.2) is 20.6 Å². The van der Waals surface area contributed by atoms with E-state index in [4.69, 9.17) is 4.74 Å². The topological polar surface area (TPSA) is 75.6 Å². The van der Waals surface area contributed by atoms with E-state index < -0.39 is 10.0 Å². The van der Waals surface area contributed by atoms with Crippen molar-refractivity contribution in [3.8, 4) is 5.75 Å². The molecule has 0 saturated carbocycles. The first-order valence-corrected chi connectivity index (χ1v) is 7.82. The SMILES string of the molecule is COc1cccc(NS(=O)(=O)c2ccc(C)c(CO)c2)c1. The van der Waals surface area contributed by atoms with Crippen molar-refractivity contribution in [2.24, 2.45) is 0 Å². The van der Waals surface area contributed by atoms with Crippen LogP contribution in [-0.2, 0) is 16.6 Å². The number of benzene rings is 2. The first kappa shape index (κ1) is 15.3. The van der Waals surface area contributed by atoms with E-state index >= 15 is 0 Å².